The normalized spacial score (nSPS) is 10.8. The van der Waals surface area contributed by atoms with E-state index in [1.54, 1.807) is 12.1 Å². The SMILES string of the molecule is O=C(CSc1nnc(-c2ccc(Cl)cc2)n1Cc1ccccc1)Nc1ccc(Cl)cn1. The highest BCUT2D eigenvalue weighted by molar-refractivity contribution is 7.99. The van der Waals surface area contributed by atoms with E-state index in [0.29, 0.717) is 33.4 Å². The zero-order valence-corrected chi connectivity index (χ0v) is 18.5. The molecule has 4 rings (SSSR count). The molecule has 31 heavy (non-hydrogen) atoms. The van der Waals surface area contributed by atoms with E-state index in [-0.39, 0.29) is 11.7 Å². The Morgan fingerprint density at radius 3 is 2.39 bits per heavy atom. The first-order chi connectivity index (χ1) is 15.1. The fraction of sp³-hybridized carbons (Fsp3) is 0.0909. The van der Waals surface area contributed by atoms with Crippen molar-refractivity contribution in [3.8, 4) is 11.4 Å². The van der Waals surface area contributed by atoms with Crippen LogP contribution in [0.1, 0.15) is 5.56 Å². The van der Waals surface area contributed by atoms with Crippen LogP contribution in [0.2, 0.25) is 10.0 Å². The average Bonchev–Trinajstić information content (AvgIpc) is 3.17. The zero-order valence-electron chi connectivity index (χ0n) is 16.2. The Morgan fingerprint density at radius 1 is 0.935 bits per heavy atom. The molecule has 0 fully saturated rings. The first-order valence-electron chi connectivity index (χ1n) is 9.36. The summed E-state index contributed by atoms with van der Waals surface area (Å²) in [6.45, 7) is 0.578. The van der Waals surface area contributed by atoms with Crippen LogP contribution in [0.25, 0.3) is 11.4 Å². The summed E-state index contributed by atoms with van der Waals surface area (Å²) in [6.07, 6.45) is 1.49. The molecule has 1 amide bonds. The molecular weight excluding hydrogens is 453 g/mol. The molecule has 0 aliphatic rings. The predicted molar refractivity (Wildman–Crippen MR) is 125 cm³/mol. The van der Waals surface area contributed by atoms with E-state index < -0.39 is 0 Å². The number of carbonyl (C=O) groups excluding carboxylic acids is 1. The molecule has 156 valence electrons. The number of halogens is 2. The van der Waals surface area contributed by atoms with Crippen molar-refractivity contribution >= 4 is 46.7 Å². The molecule has 0 aliphatic carbocycles. The topological polar surface area (TPSA) is 72.7 Å². The molecule has 0 saturated carbocycles. The third-order valence-corrected chi connectivity index (χ3v) is 5.77. The second kappa shape index (κ2) is 9.96. The van der Waals surface area contributed by atoms with Crippen LogP contribution in [0.15, 0.2) is 78.1 Å². The van der Waals surface area contributed by atoms with Crippen molar-refractivity contribution in [3.63, 3.8) is 0 Å². The van der Waals surface area contributed by atoms with Gasteiger partial charge in [0.1, 0.15) is 5.82 Å². The van der Waals surface area contributed by atoms with Crippen molar-refractivity contribution in [1.82, 2.24) is 19.7 Å². The molecule has 6 nitrogen and oxygen atoms in total. The maximum Gasteiger partial charge on any atom is 0.236 e. The van der Waals surface area contributed by atoms with Crippen LogP contribution >= 0.6 is 35.0 Å². The molecule has 0 aliphatic heterocycles. The van der Waals surface area contributed by atoms with Gasteiger partial charge in [-0.25, -0.2) is 4.98 Å². The molecule has 4 aromatic rings. The van der Waals surface area contributed by atoms with Crippen molar-refractivity contribution in [2.45, 2.75) is 11.7 Å². The van der Waals surface area contributed by atoms with Crippen LogP contribution in [0.4, 0.5) is 5.82 Å². The Morgan fingerprint density at radius 2 is 1.68 bits per heavy atom. The number of nitrogens with zero attached hydrogens (tertiary/aromatic N) is 4. The number of amides is 1. The number of nitrogens with one attached hydrogen (secondary N) is 1. The molecule has 9 heteroatoms. The van der Waals surface area contributed by atoms with E-state index in [1.165, 1.54) is 18.0 Å². The fourth-order valence-corrected chi connectivity index (χ4v) is 3.85. The van der Waals surface area contributed by atoms with Crippen LogP contribution in [-0.2, 0) is 11.3 Å². The summed E-state index contributed by atoms with van der Waals surface area (Å²) < 4.78 is 2.00. The van der Waals surface area contributed by atoms with Gasteiger partial charge in [0.05, 0.1) is 17.3 Å². The molecule has 0 saturated heterocycles. The lowest BCUT2D eigenvalue weighted by atomic mass is 10.2. The Labute approximate surface area is 193 Å². The number of rotatable bonds is 7. The van der Waals surface area contributed by atoms with Gasteiger partial charge in [0, 0.05) is 16.8 Å². The number of carbonyl (C=O) groups is 1. The van der Waals surface area contributed by atoms with Crippen molar-refractivity contribution in [2.24, 2.45) is 0 Å². The summed E-state index contributed by atoms with van der Waals surface area (Å²) in [5.74, 6) is 1.13. The highest BCUT2D eigenvalue weighted by atomic mass is 35.5. The molecule has 1 N–H and O–H groups in total. The van der Waals surface area contributed by atoms with Gasteiger partial charge in [-0.3, -0.25) is 9.36 Å². The molecule has 0 spiro atoms. The number of thioether (sulfide) groups is 1. The van der Waals surface area contributed by atoms with Gasteiger partial charge in [-0.2, -0.15) is 0 Å². The lowest BCUT2D eigenvalue weighted by Crippen LogP contribution is -2.15. The van der Waals surface area contributed by atoms with Gasteiger partial charge in [-0.05, 0) is 42.0 Å². The van der Waals surface area contributed by atoms with Gasteiger partial charge < -0.3 is 5.32 Å². The first kappa shape index (κ1) is 21.4. The van der Waals surface area contributed by atoms with Gasteiger partial charge >= 0.3 is 0 Å². The van der Waals surface area contributed by atoms with Crippen molar-refractivity contribution in [3.05, 3.63) is 88.5 Å². The summed E-state index contributed by atoms with van der Waals surface area (Å²) in [7, 11) is 0. The van der Waals surface area contributed by atoms with Crippen LogP contribution < -0.4 is 5.32 Å². The zero-order chi connectivity index (χ0) is 21.6. The van der Waals surface area contributed by atoms with E-state index in [1.807, 2.05) is 59.2 Å². The second-order valence-electron chi connectivity index (χ2n) is 6.58. The van der Waals surface area contributed by atoms with Gasteiger partial charge in [0.15, 0.2) is 11.0 Å². The third kappa shape index (κ3) is 5.64. The number of pyridine rings is 1. The van der Waals surface area contributed by atoms with Crippen molar-refractivity contribution in [2.75, 3.05) is 11.1 Å². The Balaban J connectivity index is 1.54. The highest BCUT2D eigenvalue weighted by Gasteiger charge is 2.16. The standard InChI is InChI=1S/C22H17Cl2N5OS/c23-17-8-6-16(7-9-17)21-27-28-22(29(21)13-15-4-2-1-3-5-15)31-14-20(30)26-19-11-10-18(24)12-25-19/h1-12H,13-14H2,(H,25,26,30). The molecule has 2 aromatic carbocycles. The molecule has 0 unspecified atom stereocenters. The largest absolute Gasteiger partial charge is 0.310 e. The summed E-state index contributed by atoms with van der Waals surface area (Å²) in [5, 5.41) is 13.3. The van der Waals surface area contributed by atoms with E-state index in [0.717, 1.165) is 11.1 Å². The minimum atomic E-state index is -0.192. The number of anilines is 1. The third-order valence-electron chi connectivity index (χ3n) is 4.33. The summed E-state index contributed by atoms with van der Waals surface area (Å²) in [5.41, 5.74) is 2.00. The fourth-order valence-electron chi connectivity index (χ4n) is 2.88. The van der Waals surface area contributed by atoms with E-state index >= 15 is 0 Å². The van der Waals surface area contributed by atoms with Crippen LogP contribution in [-0.4, -0.2) is 31.4 Å². The smallest absolute Gasteiger partial charge is 0.236 e. The van der Waals surface area contributed by atoms with Crippen molar-refractivity contribution in [1.29, 1.82) is 0 Å². The van der Waals surface area contributed by atoms with Gasteiger partial charge in [0.2, 0.25) is 5.91 Å². The molecule has 2 heterocycles. The van der Waals surface area contributed by atoms with E-state index in [9.17, 15) is 4.79 Å². The highest BCUT2D eigenvalue weighted by Crippen LogP contribution is 2.26. The lowest BCUT2D eigenvalue weighted by Gasteiger charge is -2.11. The number of hydrogen-bond donors (Lipinski definition) is 1. The first-order valence-corrected chi connectivity index (χ1v) is 11.1. The van der Waals surface area contributed by atoms with Gasteiger partial charge in [-0.1, -0.05) is 65.3 Å². The van der Waals surface area contributed by atoms with Crippen LogP contribution in [0.3, 0.4) is 0 Å². The van der Waals surface area contributed by atoms with Crippen LogP contribution in [0, 0.1) is 0 Å². The Bertz CT molecular complexity index is 1160. The Hall–Kier alpha value is -2.87. The lowest BCUT2D eigenvalue weighted by molar-refractivity contribution is -0.113. The molecule has 0 atom stereocenters. The number of hydrogen-bond acceptors (Lipinski definition) is 5. The van der Waals surface area contributed by atoms with Crippen molar-refractivity contribution < 1.29 is 4.79 Å². The maximum absolute atomic E-state index is 12.4. The van der Waals surface area contributed by atoms with Gasteiger partial charge in [-0.15, -0.1) is 10.2 Å². The monoisotopic (exact) mass is 469 g/mol. The predicted octanol–water partition coefficient (Wildman–Crippen LogP) is 5.43. The number of benzene rings is 2. The van der Waals surface area contributed by atoms with E-state index in [4.69, 9.17) is 23.2 Å². The Kier molecular flexibility index (Phi) is 6.86. The van der Waals surface area contributed by atoms with E-state index in [2.05, 4.69) is 20.5 Å². The number of aromatic nitrogens is 4. The molecule has 0 radical (unpaired) electrons. The second-order valence-corrected chi connectivity index (χ2v) is 8.40. The maximum atomic E-state index is 12.4. The minimum Gasteiger partial charge on any atom is -0.310 e. The quantitative estimate of drug-likeness (QED) is 0.365. The average molecular weight is 470 g/mol. The summed E-state index contributed by atoms with van der Waals surface area (Å²) in [6, 6.07) is 20.8. The molecule has 2 aromatic heterocycles. The van der Waals surface area contributed by atoms with Crippen LogP contribution in [0.5, 0.6) is 0 Å². The minimum absolute atomic E-state index is 0.165. The van der Waals surface area contributed by atoms with Gasteiger partial charge in [0.25, 0.3) is 0 Å². The molecular formula is C22H17Cl2N5OS. The summed E-state index contributed by atoms with van der Waals surface area (Å²) >= 11 is 13.2. The summed E-state index contributed by atoms with van der Waals surface area (Å²) in [4.78, 5) is 16.5. The molecule has 0 bridgehead atoms.